The van der Waals surface area contributed by atoms with Crippen molar-refractivity contribution in [2.24, 2.45) is 0 Å². The lowest BCUT2D eigenvalue weighted by molar-refractivity contribution is 0.0707. The Hall–Kier alpha value is -1.10. The van der Waals surface area contributed by atoms with E-state index in [1.165, 1.54) is 5.56 Å². The van der Waals surface area contributed by atoms with Crippen molar-refractivity contribution in [3.05, 3.63) is 29.8 Å². The Morgan fingerprint density at radius 2 is 2.24 bits per heavy atom. The lowest BCUT2D eigenvalue weighted by atomic mass is 10.0. The van der Waals surface area contributed by atoms with E-state index in [9.17, 15) is 0 Å². The molecule has 1 heterocycles. The van der Waals surface area contributed by atoms with Gasteiger partial charge in [0, 0.05) is 30.2 Å². The minimum Gasteiger partial charge on any atom is -0.496 e. The maximum atomic E-state index is 5.53. The van der Waals surface area contributed by atoms with Crippen LogP contribution in [0.5, 0.6) is 5.75 Å². The maximum Gasteiger partial charge on any atom is 0.123 e. The number of hydrogen-bond donors (Lipinski definition) is 2. The second kappa shape index (κ2) is 8.37. The third kappa shape index (κ3) is 4.70. The first-order valence-electron chi connectivity index (χ1n) is 7.94. The van der Waals surface area contributed by atoms with Gasteiger partial charge < -0.3 is 20.1 Å². The molecule has 2 N–H and O–H groups in total. The Labute approximate surface area is 128 Å². The zero-order chi connectivity index (χ0) is 15.1. The SMILES string of the molecule is CCC(NC(C)CC1COCCN1)c1ccccc1OC. The lowest BCUT2D eigenvalue weighted by Gasteiger charge is -2.29. The van der Waals surface area contributed by atoms with E-state index in [-0.39, 0.29) is 0 Å². The molecule has 1 aliphatic rings. The average molecular weight is 292 g/mol. The third-order valence-electron chi connectivity index (χ3n) is 4.04. The first-order chi connectivity index (χ1) is 10.2. The fraction of sp³-hybridized carbons (Fsp3) is 0.647. The van der Waals surface area contributed by atoms with Gasteiger partial charge in [-0.15, -0.1) is 0 Å². The first-order valence-corrected chi connectivity index (χ1v) is 7.94. The molecule has 0 aliphatic carbocycles. The summed E-state index contributed by atoms with van der Waals surface area (Å²) in [5.41, 5.74) is 1.24. The fourth-order valence-corrected chi connectivity index (χ4v) is 2.99. The molecule has 3 atom stereocenters. The zero-order valence-corrected chi connectivity index (χ0v) is 13.4. The first kappa shape index (κ1) is 16.3. The van der Waals surface area contributed by atoms with Crippen LogP contribution in [0.15, 0.2) is 24.3 Å². The van der Waals surface area contributed by atoms with Gasteiger partial charge in [0.05, 0.1) is 20.3 Å². The summed E-state index contributed by atoms with van der Waals surface area (Å²) in [7, 11) is 1.73. The predicted octanol–water partition coefficient (Wildman–Crippen LogP) is 2.50. The fourth-order valence-electron chi connectivity index (χ4n) is 2.99. The summed E-state index contributed by atoms with van der Waals surface area (Å²) >= 11 is 0. The van der Waals surface area contributed by atoms with E-state index < -0.39 is 0 Å². The smallest absolute Gasteiger partial charge is 0.123 e. The van der Waals surface area contributed by atoms with Gasteiger partial charge in [0.2, 0.25) is 0 Å². The van der Waals surface area contributed by atoms with Gasteiger partial charge in [-0.05, 0) is 25.8 Å². The number of hydrogen-bond acceptors (Lipinski definition) is 4. The van der Waals surface area contributed by atoms with Crippen LogP contribution in [0.1, 0.15) is 38.3 Å². The van der Waals surface area contributed by atoms with Crippen LogP contribution in [0.25, 0.3) is 0 Å². The molecule has 3 unspecified atom stereocenters. The van der Waals surface area contributed by atoms with E-state index >= 15 is 0 Å². The second-order valence-electron chi connectivity index (χ2n) is 5.73. The monoisotopic (exact) mass is 292 g/mol. The molecular weight excluding hydrogens is 264 g/mol. The van der Waals surface area contributed by atoms with Crippen LogP contribution in [0.3, 0.4) is 0 Å². The van der Waals surface area contributed by atoms with Crippen molar-refractivity contribution in [1.82, 2.24) is 10.6 Å². The summed E-state index contributed by atoms with van der Waals surface area (Å²) in [5.74, 6) is 0.961. The van der Waals surface area contributed by atoms with Crippen LogP contribution >= 0.6 is 0 Å². The molecule has 118 valence electrons. The predicted molar refractivity (Wildman–Crippen MR) is 85.9 cm³/mol. The molecular formula is C17H28N2O2. The van der Waals surface area contributed by atoms with E-state index in [0.717, 1.165) is 38.3 Å². The van der Waals surface area contributed by atoms with Gasteiger partial charge in [0.15, 0.2) is 0 Å². The molecule has 1 aromatic rings. The third-order valence-corrected chi connectivity index (χ3v) is 4.04. The molecule has 0 bridgehead atoms. The second-order valence-corrected chi connectivity index (χ2v) is 5.73. The Bertz CT molecular complexity index is 419. The molecule has 0 saturated carbocycles. The van der Waals surface area contributed by atoms with Gasteiger partial charge in [0.1, 0.15) is 5.75 Å². The number of ether oxygens (including phenoxy) is 2. The molecule has 0 spiro atoms. The summed E-state index contributed by atoms with van der Waals surface area (Å²) in [6, 6.07) is 9.47. The molecule has 2 rings (SSSR count). The highest BCUT2D eigenvalue weighted by Crippen LogP contribution is 2.27. The highest BCUT2D eigenvalue weighted by atomic mass is 16.5. The van der Waals surface area contributed by atoms with E-state index in [2.05, 4.69) is 36.6 Å². The maximum absolute atomic E-state index is 5.53. The number of nitrogens with one attached hydrogen (secondary N) is 2. The van der Waals surface area contributed by atoms with Crippen molar-refractivity contribution in [2.45, 2.75) is 44.8 Å². The van der Waals surface area contributed by atoms with Crippen LogP contribution in [-0.4, -0.2) is 39.0 Å². The van der Waals surface area contributed by atoms with Gasteiger partial charge >= 0.3 is 0 Å². The van der Waals surface area contributed by atoms with Crippen molar-refractivity contribution < 1.29 is 9.47 Å². The average Bonchev–Trinajstić information content (AvgIpc) is 2.53. The van der Waals surface area contributed by atoms with Crippen LogP contribution in [0, 0.1) is 0 Å². The quantitative estimate of drug-likeness (QED) is 0.810. The molecule has 1 saturated heterocycles. The van der Waals surface area contributed by atoms with Crippen LogP contribution in [0.4, 0.5) is 0 Å². The van der Waals surface area contributed by atoms with E-state index in [1.54, 1.807) is 7.11 Å². The highest BCUT2D eigenvalue weighted by molar-refractivity contribution is 5.35. The van der Waals surface area contributed by atoms with Crippen molar-refractivity contribution >= 4 is 0 Å². The molecule has 4 heteroatoms. The van der Waals surface area contributed by atoms with E-state index in [0.29, 0.717) is 18.1 Å². The Balaban J connectivity index is 1.94. The van der Waals surface area contributed by atoms with Crippen molar-refractivity contribution in [3.63, 3.8) is 0 Å². The van der Waals surface area contributed by atoms with Crippen molar-refractivity contribution in [2.75, 3.05) is 26.9 Å². The van der Waals surface area contributed by atoms with Gasteiger partial charge in [-0.1, -0.05) is 25.1 Å². The highest BCUT2D eigenvalue weighted by Gasteiger charge is 2.20. The van der Waals surface area contributed by atoms with Crippen molar-refractivity contribution in [3.8, 4) is 5.75 Å². The lowest BCUT2D eigenvalue weighted by Crippen LogP contribution is -2.45. The molecule has 1 aliphatic heterocycles. The summed E-state index contributed by atoms with van der Waals surface area (Å²) < 4.78 is 11.0. The van der Waals surface area contributed by atoms with Gasteiger partial charge in [0.25, 0.3) is 0 Å². The van der Waals surface area contributed by atoms with E-state index in [4.69, 9.17) is 9.47 Å². The van der Waals surface area contributed by atoms with Crippen LogP contribution < -0.4 is 15.4 Å². The molecule has 0 aromatic heterocycles. The van der Waals surface area contributed by atoms with Crippen molar-refractivity contribution in [1.29, 1.82) is 0 Å². The summed E-state index contributed by atoms with van der Waals surface area (Å²) in [5, 5.41) is 7.24. The topological polar surface area (TPSA) is 42.5 Å². The molecule has 4 nitrogen and oxygen atoms in total. The number of rotatable bonds is 7. The summed E-state index contributed by atoms with van der Waals surface area (Å²) in [4.78, 5) is 0. The van der Waals surface area contributed by atoms with E-state index in [1.807, 2.05) is 12.1 Å². The molecule has 1 fully saturated rings. The summed E-state index contributed by atoms with van der Waals surface area (Å²) in [6.07, 6.45) is 2.12. The molecule has 0 amide bonds. The normalized spacial score (nSPS) is 21.8. The number of para-hydroxylation sites is 1. The number of morpholine rings is 1. The van der Waals surface area contributed by atoms with Crippen LogP contribution in [-0.2, 0) is 4.74 Å². The minimum atomic E-state index is 0.320. The molecule has 0 radical (unpaired) electrons. The summed E-state index contributed by atoms with van der Waals surface area (Å²) in [6.45, 7) is 7.06. The van der Waals surface area contributed by atoms with Crippen LogP contribution in [0.2, 0.25) is 0 Å². The standard InChI is InChI=1S/C17H28N2O2/c1-4-16(15-7-5-6-8-17(15)20-3)19-13(2)11-14-12-21-10-9-18-14/h5-8,13-14,16,18-19H,4,9-12H2,1-3H3. The number of methoxy groups -OCH3 is 1. The zero-order valence-electron chi connectivity index (χ0n) is 13.4. The van der Waals surface area contributed by atoms with Gasteiger partial charge in [-0.25, -0.2) is 0 Å². The Morgan fingerprint density at radius 1 is 1.43 bits per heavy atom. The molecule has 1 aromatic carbocycles. The minimum absolute atomic E-state index is 0.320. The van der Waals surface area contributed by atoms with Gasteiger partial charge in [-0.3, -0.25) is 0 Å². The van der Waals surface area contributed by atoms with Gasteiger partial charge in [-0.2, -0.15) is 0 Å². The number of benzene rings is 1. The Kier molecular flexibility index (Phi) is 6.49. The molecule has 21 heavy (non-hydrogen) atoms. The largest absolute Gasteiger partial charge is 0.496 e. The Morgan fingerprint density at radius 3 is 2.90 bits per heavy atom.